The van der Waals surface area contributed by atoms with Gasteiger partial charge in [0.1, 0.15) is 0 Å². The van der Waals surface area contributed by atoms with E-state index < -0.39 is 0 Å². The normalized spacial score (nSPS) is 15.7. The minimum Gasteiger partial charge on any atom is -0.461 e. The van der Waals surface area contributed by atoms with Crippen LogP contribution in [0, 0.1) is 0 Å². The maximum atomic E-state index is 12.8. The number of aromatic nitrogens is 3. The lowest BCUT2D eigenvalue weighted by molar-refractivity contribution is -0.134. The molecule has 0 spiro atoms. The van der Waals surface area contributed by atoms with Crippen LogP contribution in [0.2, 0.25) is 0 Å². The summed E-state index contributed by atoms with van der Waals surface area (Å²) in [6.45, 7) is 4.34. The number of thioether (sulfide) groups is 1. The van der Waals surface area contributed by atoms with Gasteiger partial charge in [-0.15, -0.1) is 10.2 Å². The fraction of sp³-hybridized carbons (Fsp3) is 0.316. The maximum absolute atomic E-state index is 12.8. The van der Waals surface area contributed by atoms with Crippen LogP contribution in [-0.4, -0.2) is 57.1 Å². The van der Waals surface area contributed by atoms with Crippen molar-refractivity contribution in [1.82, 2.24) is 19.7 Å². The van der Waals surface area contributed by atoms with Gasteiger partial charge >= 0.3 is 0 Å². The van der Waals surface area contributed by atoms with E-state index in [1.165, 1.54) is 11.8 Å². The molecule has 4 rings (SSSR count). The van der Waals surface area contributed by atoms with Gasteiger partial charge in [-0.1, -0.05) is 30.0 Å². The summed E-state index contributed by atoms with van der Waals surface area (Å²) in [4.78, 5) is 14.6. The predicted octanol–water partition coefficient (Wildman–Crippen LogP) is 2.87. The summed E-state index contributed by atoms with van der Waals surface area (Å²) in [6, 6.07) is 13.5. The lowest BCUT2D eigenvalue weighted by Crippen LogP contribution is -2.44. The van der Waals surface area contributed by atoms with Crippen molar-refractivity contribution in [2.24, 2.45) is 0 Å². The second kappa shape index (κ2) is 7.98. The Morgan fingerprint density at radius 2 is 1.89 bits per heavy atom. The van der Waals surface area contributed by atoms with Gasteiger partial charge in [0, 0.05) is 18.8 Å². The summed E-state index contributed by atoms with van der Waals surface area (Å²) in [7, 11) is 0. The number of furan rings is 1. The zero-order valence-corrected chi connectivity index (χ0v) is 15.8. The molecular weight excluding hydrogens is 364 g/mol. The number of hydrogen-bond donors (Lipinski definition) is 0. The van der Waals surface area contributed by atoms with E-state index >= 15 is 0 Å². The molecule has 7 nitrogen and oxygen atoms in total. The molecule has 3 aromatic rings. The Balaban J connectivity index is 1.63. The van der Waals surface area contributed by atoms with E-state index in [1.54, 1.807) is 6.26 Å². The highest BCUT2D eigenvalue weighted by atomic mass is 32.2. The molecule has 27 heavy (non-hydrogen) atoms. The molecule has 0 saturated carbocycles. The molecule has 1 saturated heterocycles. The molecule has 1 aliphatic heterocycles. The average molecular weight is 384 g/mol. The van der Waals surface area contributed by atoms with Crippen molar-refractivity contribution < 1.29 is 13.9 Å². The maximum Gasteiger partial charge on any atom is 0.236 e. The average Bonchev–Trinajstić information content (AvgIpc) is 3.38. The van der Waals surface area contributed by atoms with Crippen LogP contribution >= 0.6 is 11.8 Å². The summed E-state index contributed by atoms with van der Waals surface area (Å²) in [5.74, 6) is 1.33. The first-order valence-electron chi connectivity index (χ1n) is 8.82. The van der Waals surface area contributed by atoms with E-state index in [0.29, 0.717) is 43.0 Å². The van der Waals surface area contributed by atoms with Gasteiger partial charge in [0.15, 0.2) is 10.9 Å². The molecule has 1 amide bonds. The Kier molecular flexibility index (Phi) is 5.26. The van der Waals surface area contributed by atoms with E-state index in [4.69, 9.17) is 9.15 Å². The first kappa shape index (κ1) is 17.8. The number of carbonyl (C=O) groups is 1. The summed E-state index contributed by atoms with van der Waals surface area (Å²) in [5, 5.41) is 9.03. The second-order valence-corrected chi connectivity index (χ2v) is 7.46. The fourth-order valence-electron chi connectivity index (χ4n) is 2.97. The molecular formula is C19H20N4O3S. The van der Waals surface area contributed by atoms with Crippen LogP contribution in [0.5, 0.6) is 0 Å². The van der Waals surface area contributed by atoms with Gasteiger partial charge in [-0.2, -0.15) is 0 Å². The number of carbonyl (C=O) groups excluding carboxylic acids is 1. The highest BCUT2D eigenvalue weighted by Crippen LogP contribution is 2.30. The van der Waals surface area contributed by atoms with E-state index in [0.717, 1.165) is 5.69 Å². The number of ether oxygens (including phenoxy) is 1. The topological polar surface area (TPSA) is 73.4 Å². The number of morpholine rings is 1. The molecule has 0 aliphatic carbocycles. The van der Waals surface area contributed by atoms with Crippen molar-refractivity contribution in [3.63, 3.8) is 0 Å². The largest absolute Gasteiger partial charge is 0.461 e. The smallest absolute Gasteiger partial charge is 0.236 e. The number of benzene rings is 1. The lowest BCUT2D eigenvalue weighted by Gasteiger charge is -2.28. The Labute approximate surface area is 161 Å². The van der Waals surface area contributed by atoms with Gasteiger partial charge in [-0.25, -0.2) is 0 Å². The quantitative estimate of drug-likeness (QED) is 0.630. The van der Waals surface area contributed by atoms with Gasteiger partial charge < -0.3 is 14.1 Å². The summed E-state index contributed by atoms with van der Waals surface area (Å²) < 4.78 is 12.8. The number of amides is 1. The molecule has 1 aliphatic rings. The highest BCUT2D eigenvalue weighted by molar-refractivity contribution is 8.00. The second-order valence-electron chi connectivity index (χ2n) is 6.15. The van der Waals surface area contributed by atoms with Crippen LogP contribution < -0.4 is 0 Å². The van der Waals surface area contributed by atoms with E-state index in [2.05, 4.69) is 10.2 Å². The third-order valence-electron chi connectivity index (χ3n) is 4.34. The van der Waals surface area contributed by atoms with Crippen LogP contribution in [0.1, 0.15) is 6.92 Å². The zero-order chi connectivity index (χ0) is 18.6. The van der Waals surface area contributed by atoms with Gasteiger partial charge in [0.2, 0.25) is 11.7 Å². The van der Waals surface area contributed by atoms with Gasteiger partial charge in [0.25, 0.3) is 0 Å². The molecule has 1 atom stereocenters. The SMILES string of the molecule is CC(Sc1nnc(-c2ccco2)n1-c1ccccc1)C(=O)N1CCOCC1. The standard InChI is InChI=1S/C19H20N4O3S/c1-14(18(24)22-9-12-25-13-10-22)27-19-21-20-17(16-8-5-11-26-16)23(19)15-6-3-2-4-7-15/h2-8,11,14H,9-10,12-13H2,1H3. The Morgan fingerprint density at radius 1 is 1.11 bits per heavy atom. The Bertz CT molecular complexity index is 889. The number of rotatable bonds is 5. The molecule has 0 N–H and O–H groups in total. The molecule has 0 radical (unpaired) electrons. The Morgan fingerprint density at radius 3 is 2.59 bits per heavy atom. The van der Waals surface area contributed by atoms with Crippen LogP contribution in [-0.2, 0) is 9.53 Å². The van der Waals surface area contributed by atoms with E-state index in [-0.39, 0.29) is 11.2 Å². The molecule has 3 heterocycles. The molecule has 1 unspecified atom stereocenters. The van der Waals surface area contributed by atoms with E-state index in [9.17, 15) is 4.79 Å². The minimum absolute atomic E-state index is 0.0884. The summed E-state index contributed by atoms with van der Waals surface area (Å²) in [5.41, 5.74) is 0.919. The molecule has 140 valence electrons. The molecule has 2 aromatic heterocycles. The van der Waals surface area contributed by atoms with Crippen molar-refractivity contribution in [1.29, 1.82) is 0 Å². The number of para-hydroxylation sites is 1. The van der Waals surface area contributed by atoms with Gasteiger partial charge in [-0.3, -0.25) is 9.36 Å². The first-order chi connectivity index (χ1) is 13.2. The van der Waals surface area contributed by atoms with Crippen LogP contribution in [0.25, 0.3) is 17.3 Å². The fourth-order valence-corrected chi connectivity index (χ4v) is 3.92. The molecule has 1 aromatic carbocycles. The zero-order valence-electron chi connectivity index (χ0n) is 14.9. The van der Waals surface area contributed by atoms with Gasteiger partial charge in [-0.05, 0) is 31.2 Å². The number of nitrogens with zero attached hydrogens (tertiary/aromatic N) is 4. The summed E-state index contributed by atoms with van der Waals surface area (Å²) in [6.07, 6.45) is 1.61. The predicted molar refractivity (Wildman–Crippen MR) is 102 cm³/mol. The van der Waals surface area contributed by atoms with Crippen molar-refractivity contribution in [3.05, 3.63) is 48.7 Å². The lowest BCUT2D eigenvalue weighted by atomic mass is 10.3. The van der Waals surface area contributed by atoms with E-state index in [1.807, 2.05) is 58.9 Å². The van der Waals surface area contributed by atoms with Crippen molar-refractivity contribution in [2.75, 3.05) is 26.3 Å². The Hall–Kier alpha value is -2.58. The van der Waals surface area contributed by atoms with Crippen molar-refractivity contribution in [2.45, 2.75) is 17.3 Å². The third kappa shape index (κ3) is 3.77. The first-order valence-corrected chi connectivity index (χ1v) is 9.70. The molecule has 8 heteroatoms. The van der Waals surface area contributed by atoms with Crippen LogP contribution in [0.4, 0.5) is 0 Å². The van der Waals surface area contributed by atoms with Crippen LogP contribution in [0.3, 0.4) is 0 Å². The summed E-state index contributed by atoms with van der Waals surface area (Å²) >= 11 is 1.40. The monoisotopic (exact) mass is 384 g/mol. The number of hydrogen-bond acceptors (Lipinski definition) is 6. The highest BCUT2D eigenvalue weighted by Gasteiger charge is 2.26. The van der Waals surface area contributed by atoms with Gasteiger partial charge in [0.05, 0.1) is 24.7 Å². The molecule has 0 bridgehead atoms. The van der Waals surface area contributed by atoms with Crippen LogP contribution in [0.15, 0.2) is 58.3 Å². The van der Waals surface area contributed by atoms with Crippen molar-refractivity contribution >= 4 is 17.7 Å². The molecule has 1 fully saturated rings. The van der Waals surface area contributed by atoms with Crippen molar-refractivity contribution in [3.8, 4) is 17.3 Å². The third-order valence-corrected chi connectivity index (χ3v) is 5.37. The minimum atomic E-state index is -0.279.